The maximum absolute atomic E-state index is 11.2. The third kappa shape index (κ3) is 1.89. The molecule has 5 nitrogen and oxygen atoms in total. The van der Waals surface area contributed by atoms with Gasteiger partial charge in [-0.05, 0) is 31.0 Å². The lowest BCUT2D eigenvalue weighted by molar-refractivity contribution is 0.735. The first kappa shape index (κ1) is 8.31. The van der Waals surface area contributed by atoms with Crippen molar-refractivity contribution in [1.82, 2.24) is 14.9 Å². The minimum Gasteiger partial charge on any atom is -0.265 e. The number of rotatable bonds is 2. The van der Waals surface area contributed by atoms with E-state index >= 15 is 0 Å². The topological polar surface area (TPSA) is 63.0 Å². The van der Waals surface area contributed by atoms with Gasteiger partial charge in [-0.2, -0.15) is 14.9 Å². The van der Waals surface area contributed by atoms with Gasteiger partial charge in [0.1, 0.15) is 6.20 Å². The minimum absolute atomic E-state index is 0.226. The van der Waals surface area contributed by atoms with Crippen molar-refractivity contribution in [2.45, 2.75) is 12.8 Å². The Morgan fingerprint density at radius 1 is 1.77 bits per heavy atom. The Morgan fingerprint density at radius 3 is 3.15 bits per heavy atom. The average molecular weight is 196 g/mol. The Morgan fingerprint density at radius 2 is 2.54 bits per heavy atom. The summed E-state index contributed by atoms with van der Waals surface area (Å²) in [6.45, 7) is 0. The summed E-state index contributed by atoms with van der Waals surface area (Å²) in [4.78, 5) is 11.2. The van der Waals surface area contributed by atoms with E-state index < -0.39 is 0 Å². The monoisotopic (exact) mass is 196 g/mol. The van der Waals surface area contributed by atoms with Crippen LogP contribution in [0.15, 0.2) is 16.1 Å². The van der Waals surface area contributed by atoms with Gasteiger partial charge in [0.2, 0.25) is 4.77 Å². The van der Waals surface area contributed by atoms with Crippen LogP contribution in [-0.2, 0) is 0 Å². The number of nitrogens with one attached hydrogen (secondary N) is 1. The second kappa shape index (κ2) is 3.21. The lowest BCUT2D eigenvalue weighted by Crippen LogP contribution is -2.18. The fourth-order valence-corrected chi connectivity index (χ4v) is 1.05. The van der Waals surface area contributed by atoms with Crippen LogP contribution >= 0.6 is 12.2 Å². The highest BCUT2D eigenvalue weighted by Crippen LogP contribution is 2.26. The zero-order valence-electron chi connectivity index (χ0n) is 6.80. The first-order chi connectivity index (χ1) is 6.27. The fraction of sp³-hybridized carbons (Fsp3) is 0.429. The molecular formula is C7H8N4OS. The molecule has 1 aromatic rings. The van der Waals surface area contributed by atoms with Crippen LogP contribution in [0, 0.1) is 10.7 Å². The molecule has 0 bridgehead atoms. The molecule has 6 heteroatoms. The highest BCUT2D eigenvalue weighted by Gasteiger charge is 2.18. The van der Waals surface area contributed by atoms with Gasteiger partial charge in [0.05, 0.1) is 0 Å². The lowest BCUT2D eigenvalue weighted by atomic mass is 10.5. The summed E-state index contributed by atoms with van der Waals surface area (Å²) in [6.07, 6.45) is 5.21. The molecule has 0 saturated heterocycles. The molecule has 1 heterocycles. The van der Waals surface area contributed by atoms with Crippen LogP contribution in [0.25, 0.3) is 0 Å². The zero-order chi connectivity index (χ0) is 9.26. The maximum atomic E-state index is 11.2. The van der Waals surface area contributed by atoms with Crippen molar-refractivity contribution in [3.8, 4) is 0 Å². The summed E-state index contributed by atoms with van der Waals surface area (Å²) in [5.41, 5.74) is -0.305. The van der Waals surface area contributed by atoms with Gasteiger partial charge < -0.3 is 0 Å². The van der Waals surface area contributed by atoms with E-state index in [9.17, 15) is 4.79 Å². The van der Waals surface area contributed by atoms with Crippen molar-refractivity contribution < 1.29 is 0 Å². The van der Waals surface area contributed by atoms with Crippen molar-refractivity contribution in [2.24, 2.45) is 11.0 Å². The molecule has 1 N–H and O–H groups in total. The summed E-state index contributed by atoms with van der Waals surface area (Å²) < 4.78 is 1.37. The Hall–Kier alpha value is -1.30. The van der Waals surface area contributed by atoms with Crippen LogP contribution < -0.4 is 5.56 Å². The highest BCUT2D eigenvalue weighted by atomic mass is 32.1. The van der Waals surface area contributed by atoms with Gasteiger partial charge in [-0.25, -0.2) is 0 Å². The second-order valence-electron chi connectivity index (χ2n) is 2.93. The quantitative estimate of drug-likeness (QED) is 0.555. The van der Waals surface area contributed by atoms with Crippen molar-refractivity contribution in [2.75, 3.05) is 0 Å². The molecule has 2 rings (SSSR count). The number of hydrogen-bond acceptors (Lipinski definition) is 4. The van der Waals surface area contributed by atoms with E-state index in [4.69, 9.17) is 12.2 Å². The third-order valence-corrected chi connectivity index (χ3v) is 2.02. The van der Waals surface area contributed by atoms with E-state index in [1.54, 1.807) is 6.21 Å². The molecule has 0 aliphatic heterocycles. The maximum Gasteiger partial charge on any atom is 0.293 e. The molecule has 0 radical (unpaired) electrons. The van der Waals surface area contributed by atoms with Crippen LogP contribution in [-0.4, -0.2) is 21.1 Å². The number of aromatic nitrogens is 3. The Labute approximate surface area is 79.1 Å². The first-order valence-corrected chi connectivity index (χ1v) is 4.39. The number of nitrogens with zero attached hydrogens (tertiary/aromatic N) is 3. The van der Waals surface area contributed by atoms with Crippen LogP contribution in [0.4, 0.5) is 0 Å². The summed E-state index contributed by atoms with van der Waals surface area (Å²) >= 11 is 4.84. The smallest absolute Gasteiger partial charge is 0.265 e. The molecule has 0 atom stereocenters. The van der Waals surface area contributed by atoms with E-state index in [2.05, 4.69) is 15.3 Å². The second-order valence-corrected chi connectivity index (χ2v) is 3.31. The Kier molecular flexibility index (Phi) is 2.05. The van der Waals surface area contributed by atoms with Crippen molar-refractivity contribution >= 4 is 18.4 Å². The Bertz CT molecular complexity index is 414. The van der Waals surface area contributed by atoms with Crippen LogP contribution in [0.3, 0.4) is 0 Å². The summed E-state index contributed by atoms with van der Waals surface area (Å²) in [7, 11) is 0. The summed E-state index contributed by atoms with van der Waals surface area (Å²) in [5.74, 6) is 0.523. The van der Waals surface area contributed by atoms with E-state index in [1.165, 1.54) is 0 Å². The molecule has 1 aliphatic carbocycles. The molecule has 0 spiro atoms. The molecule has 1 aliphatic rings. The minimum atomic E-state index is -0.305. The molecule has 0 amide bonds. The predicted molar refractivity (Wildman–Crippen MR) is 50.3 cm³/mol. The predicted octanol–water partition coefficient (Wildman–Crippen LogP) is 0.545. The number of H-pyrrole nitrogens is 1. The van der Waals surface area contributed by atoms with Crippen molar-refractivity contribution in [3.63, 3.8) is 0 Å². The van der Waals surface area contributed by atoms with Gasteiger partial charge >= 0.3 is 0 Å². The average Bonchev–Trinajstić information content (AvgIpc) is 2.87. The van der Waals surface area contributed by atoms with E-state index in [1.807, 2.05) is 0 Å². The van der Waals surface area contributed by atoms with Gasteiger partial charge in [0, 0.05) is 6.21 Å². The van der Waals surface area contributed by atoms with Crippen LogP contribution in [0.1, 0.15) is 12.8 Å². The molecule has 13 heavy (non-hydrogen) atoms. The lowest BCUT2D eigenvalue weighted by Gasteiger charge is -1.94. The molecule has 1 saturated carbocycles. The molecular weight excluding hydrogens is 188 g/mol. The van der Waals surface area contributed by atoms with Crippen molar-refractivity contribution in [1.29, 1.82) is 0 Å². The zero-order valence-corrected chi connectivity index (χ0v) is 7.62. The van der Waals surface area contributed by atoms with E-state index in [0.29, 0.717) is 5.92 Å². The Balaban J connectivity index is 2.38. The van der Waals surface area contributed by atoms with Crippen molar-refractivity contribution in [3.05, 3.63) is 21.3 Å². The normalized spacial score (nSPS) is 16.6. The first-order valence-electron chi connectivity index (χ1n) is 3.98. The third-order valence-electron chi connectivity index (χ3n) is 1.75. The van der Waals surface area contributed by atoms with E-state index in [0.717, 1.165) is 23.7 Å². The van der Waals surface area contributed by atoms with Gasteiger partial charge in [0.15, 0.2) is 0 Å². The van der Waals surface area contributed by atoms with E-state index in [-0.39, 0.29) is 10.3 Å². The summed E-state index contributed by atoms with van der Waals surface area (Å²) in [5, 5.41) is 10.0. The van der Waals surface area contributed by atoms with Gasteiger partial charge in [-0.3, -0.25) is 9.89 Å². The van der Waals surface area contributed by atoms with Crippen LogP contribution in [0.2, 0.25) is 0 Å². The highest BCUT2D eigenvalue weighted by molar-refractivity contribution is 7.71. The summed E-state index contributed by atoms with van der Waals surface area (Å²) in [6, 6.07) is 0. The largest absolute Gasteiger partial charge is 0.293 e. The molecule has 1 fully saturated rings. The molecule has 68 valence electrons. The fourth-order valence-electron chi connectivity index (χ4n) is 0.860. The SMILES string of the molecule is O=c1cn[nH]c(=S)n1/N=C/C1CC1. The molecule has 1 aromatic heterocycles. The number of aromatic amines is 1. The standard InChI is InChI=1S/C7H8N4OS/c12-6-4-8-10-7(13)11(6)9-3-5-1-2-5/h3-5H,1-2H2,(H,10,13)/b9-3+. The van der Waals surface area contributed by atoms with Gasteiger partial charge in [0.25, 0.3) is 5.56 Å². The van der Waals surface area contributed by atoms with Gasteiger partial charge in [-0.15, -0.1) is 0 Å². The molecule has 0 aromatic carbocycles. The van der Waals surface area contributed by atoms with Crippen LogP contribution in [0.5, 0.6) is 0 Å². The molecule has 0 unspecified atom stereocenters. The number of hydrogen-bond donors (Lipinski definition) is 1. The van der Waals surface area contributed by atoms with Gasteiger partial charge in [-0.1, -0.05) is 0 Å².